The molecule has 0 atom stereocenters. The van der Waals surface area contributed by atoms with Crippen molar-refractivity contribution in [1.29, 1.82) is 0 Å². The smallest absolute Gasteiger partial charge is 0.143 e. The summed E-state index contributed by atoms with van der Waals surface area (Å²) in [6.07, 6.45) is 0. The van der Waals surface area contributed by atoms with Crippen molar-refractivity contribution in [2.24, 2.45) is 0 Å². The fourth-order valence-electron chi connectivity index (χ4n) is 6.35. The SMILES string of the molecule is [B]C([B])([B])C1(c2ccc(-c3cccc4c3oc3c(C)cccc34)cc2)c2ccccc2-c2ccccc21. The van der Waals surface area contributed by atoms with Crippen molar-refractivity contribution in [3.63, 3.8) is 0 Å². The molecule has 1 nitrogen and oxygen atoms in total. The van der Waals surface area contributed by atoms with Gasteiger partial charge in [-0.05, 0) is 45.9 Å². The van der Waals surface area contributed by atoms with Crippen LogP contribution in [0.2, 0.25) is 5.11 Å². The lowest BCUT2D eigenvalue weighted by Gasteiger charge is -2.46. The predicted molar refractivity (Wildman–Crippen MR) is 156 cm³/mol. The summed E-state index contributed by atoms with van der Waals surface area (Å²) in [5.41, 5.74) is 9.34. The monoisotopic (exact) mass is 466 g/mol. The topological polar surface area (TPSA) is 13.1 Å². The molecule has 0 saturated carbocycles. The number of furan rings is 1. The third-order valence-corrected chi connectivity index (χ3v) is 7.95. The molecule has 4 heteroatoms. The Balaban J connectivity index is 1.45. The molecule has 37 heavy (non-hydrogen) atoms. The third kappa shape index (κ3) is 2.96. The summed E-state index contributed by atoms with van der Waals surface area (Å²) >= 11 is 0. The summed E-state index contributed by atoms with van der Waals surface area (Å²) in [4.78, 5) is 0. The van der Waals surface area contributed by atoms with Crippen LogP contribution in [0, 0.1) is 6.92 Å². The summed E-state index contributed by atoms with van der Waals surface area (Å²) < 4.78 is 6.41. The molecule has 0 amide bonds. The lowest BCUT2D eigenvalue weighted by atomic mass is 9.30. The van der Waals surface area contributed by atoms with E-state index in [1.807, 2.05) is 24.3 Å². The average molecular weight is 466 g/mol. The minimum absolute atomic E-state index is 0.886. The highest BCUT2D eigenvalue weighted by molar-refractivity contribution is 6.60. The fraction of sp³-hybridized carbons (Fsp3) is 0.0909. The van der Waals surface area contributed by atoms with E-state index in [2.05, 4.69) is 91.9 Å². The summed E-state index contributed by atoms with van der Waals surface area (Å²) in [6.45, 7) is 2.08. The second kappa shape index (κ2) is 7.80. The van der Waals surface area contributed by atoms with Crippen LogP contribution < -0.4 is 0 Å². The molecule has 0 unspecified atom stereocenters. The first-order valence-corrected chi connectivity index (χ1v) is 12.5. The molecule has 1 aromatic heterocycles. The van der Waals surface area contributed by atoms with Gasteiger partial charge in [0.2, 0.25) is 0 Å². The Morgan fingerprint density at radius 1 is 0.568 bits per heavy atom. The van der Waals surface area contributed by atoms with E-state index in [9.17, 15) is 0 Å². The Labute approximate surface area is 220 Å². The number of aryl methyl sites for hydroxylation is 1. The van der Waals surface area contributed by atoms with Gasteiger partial charge in [-0.3, -0.25) is 0 Å². The van der Waals surface area contributed by atoms with E-state index < -0.39 is 10.5 Å². The third-order valence-electron chi connectivity index (χ3n) is 7.95. The molecule has 0 fully saturated rings. The van der Waals surface area contributed by atoms with Crippen LogP contribution >= 0.6 is 0 Å². The molecular formula is C33H21B3O. The number of fused-ring (bicyclic) bond motifs is 6. The van der Waals surface area contributed by atoms with Gasteiger partial charge >= 0.3 is 0 Å². The van der Waals surface area contributed by atoms with E-state index in [0.717, 1.165) is 66.4 Å². The van der Waals surface area contributed by atoms with E-state index in [-0.39, 0.29) is 0 Å². The summed E-state index contributed by atoms with van der Waals surface area (Å²) in [5, 5.41) is 0.707. The highest BCUT2D eigenvalue weighted by atomic mass is 16.3. The predicted octanol–water partition coefficient (Wildman–Crippen LogP) is 7.46. The molecule has 1 heterocycles. The number of rotatable bonds is 3. The fourth-order valence-corrected chi connectivity index (χ4v) is 6.35. The molecular weight excluding hydrogens is 445 g/mol. The van der Waals surface area contributed by atoms with Crippen molar-refractivity contribution in [3.8, 4) is 22.3 Å². The van der Waals surface area contributed by atoms with Crippen LogP contribution in [0.25, 0.3) is 44.2 Å². The van der Waals surface area contributed by atoms with Gasteiger partial charge < -0.3 is 4.42 Å². The van der Waals surface area contributed by atoms with E-state index in [0.29, 0.717) is 0 Å². The Morgan fingerprint density at radius 2 is 1.11 bits per heavy atom. The maximum atomic E-state index is 6.66. The zero-order chi connectivity index (χ0) is 25.4. The van der Waals surface area contributed by atoms with Gasteiger partial charge in [-0.2, -0.15) is 0 Å². The van der Waals surface area contributed by atoms with Gasteiger partial charge in [-0.1, -0.05) is 109 Å². The van der Waals surface area contributed by atoms with Crippen LogP contribution in [0.4, 0.5) is 0 Å². The summed E-state index contributed by atoms with van der Waals surface area (Å²) in [6, 6.07) is 37.5. The Kier molecular flexibility index (Phi) is 4.70. The molecule has 0 aliphatic heterocycles. The lowest BCUT2D eigenvalue weighted by molar-refractivity contribution is 0.640. The van der Waals surface area contributed by atoms with Crippen LogP contribution in [-0.2, 0) is 5.41 Å². The van der Waals surface area contributed by atoms with Crippen molar-refractivity contribution in [2.45, 2.75) is 17.5 Å². The second-order valence-electron chi connectivity index (χ2n) is 10.1. The standard InChI is InChI=1S/C33H21B3O/c1-20-8-6-12-26-27-13-7-11-23(31(27)37-30(20)26)21-16-18-22(19-17-21)32(33(34,35)36)28-14-4-2-9-24(28)25-10-3-5-15-29(25)32/h2-19H,1H3. The van der Waals surface area contributed by atoms with Gasteiger partial charge in [-0.15, -0.1) is 5.11 Å². The summed E-state index contributed by atoms with van der Waals surface area (Å²) in [5.74, 6) is 0. The van der Waals surface area contributed by atoms with E-state index in [1.165, 1.54) is 0 Å². The van der Waals surface area contributed by atoms with Crippen molar-refractivity contribution in [3.05, 3.63) is 131 Å². The first-order chi connectivity index (χ1) is 17.9. The van der Waals surface area contributed by atoms with Crippen LogP contribution in [0.1, 0.15) is 22.3 Å². The van der Waals surface area contributed by atoms with Crippen molar-refractivity contribution in [1.82, 2.24) is 0 Å². The average Bonchev–Trinajstić information content (AvgIpc) is 3.44. The zero-order valence-corrected chi connectivity index (χ0v) is 20.5. The Morgan fingerprint density at radius 3 is 1.73 bits per heavy atom. The second-order valence-corrected chi connectivity index (χ2v) is 10.1. The molecule has 0 saturated heterocycles. The quantitative estimate of drug-likeness (QED) is 0.247. The maximum absolute atomic E-state index is 6.66. The first-order valence-electron chi connectivity index (χ1n) is 12.5. The van der Waals surface area contributed by atoms with Crippen LogP contribution in [0.3, 0.4) is 0 Å². The molecule has 6 aromatic rings. The minimum atomic E-state index is -1.53. The molecule has 5 aromatic carbocycles. The van der Waals surface area contributed by atoms with Crippen molar-refractivity contribution in [2.75, 3.05) is 0 Å². The molecule has 1 aliphatic rings. The summed E-state index contributed by atoms with van der Waals surface area (Å²) in [7, 11) is 20.0. The molecule has 1 aliphatic carbocycles. The zero-order valence-electron chi connectivity index (χ0n) is 20.5. The van der Waals surface area contributed by atoms with Gasteiger partial charge in [0.15, 0.2) is 0 Å². The molecule has 7 rings (SSSR count). The van der Waals surface area contributed by atoms with Crippen molar-refractivity contribution >= 4 is 45.5 Å². The normalized spacial score (nSPS) is 14.1. The Hall–Kier alpha value is -3.91. The molecule has 0 spiro atoms. The van der Waals surface area contributed by atoms with Gasteiger partial charge in [0.25, 0.3) is 0 Å². The number of para-hydroxylation sites is 2. The van der Waals surface area contributed by atoms with Crippen molar-refractivity contribution < 1.29 is 4.42 Å². The van der Waals surface area contributed by atoms with Crippen LogP contribution in [0.5, 0.6) is 0 Å². The maximum Gasteiger partial charge on any atom is 0.143 e. The minimum Gasteiger partial charge on any atom is -0.455 e. The van der Waals surface area contributed by atoms with Gasteiger partial charge in [0.05, 0.1) is 23.5 Å². The first kappa shape index (κ1) is 22.3. The molecule has 0 bridgehead atoms. The lowest BCUT2D eigenvalue weighted by Crippen LogP contribution is -2.42. The Bertz CT molecular complexity index is 1780. The highest BCUT2D eigenvalue weighted by Gasteiger charge is 2.50. The molecule has 6 radical (unpaired) electrons. The van der Waals surface area contributed by atoms with Gasteiger partial charge in [-0.25, -0.2) is 0 Å². The van der Waals surface area contributed by atoms with Gasteiger partial charge in [0, 0.05) is 21.8 Å². The van der Waals surface area contributed by atoms with E-state index >= 15 is 0 Å². The largest absolute Gasteiger partial charge is 0.455 e. The van der Waals surface area contributed by atoms with Crippen LogP contribution in [0.15, 0.2) is 114 Å². The number of hydrogen-bond donors (Lipinski definition) is 0. The molecule has 168 valence electrons. The number of hydrogen-bond acceptors (Lipinski definition) is 1. The molecule has 0 N–H and O–H groups in total. The van der Waals surface area contributed by atoms with Crippen LogP contribution in [-0.4, -0.2) is 23.5 Å². The van der Waals surface area contributed by atoms with E-state index in [4.69, 9.17) is 28.0 Å². The van der Waals surface area contributed by atoms with Gasteiger partial charge in [0.1, 0.15) is 11.2 Å². The highest BCUT2D eigenvalue weighted by Crippen LogP contribution is 2.60. The van der Waals surface area contributed by atoms with E-state index in [1.54, 1.807) is 0 Å². The number of benzene rings is 5.